The second-order valence-electron chi connectivity index (χ2n) is 4.97. The first-order chi connectivity index (χ1) is 7.72. The highest BCUT2D eigenvalue weighted by Gasteiger charge is 2.30. The molecule has 1 aliphatic rings. The van der Waals surface area contributed by atoms with E-state index in [0.717, 1.165) is 32.5 Å². The summed E-state index contributed by atoms with van der Waals surface area (Å²) in [7, 11) is 0. The van der Waals surface area contributed by atoms with Crippen LogP contribution in [-0.2, 0) is 6.54 Å². The van der Waals surface area contributed by atoms with Gasteiger partial charge in [-0.2, -0.15) is 5.48 Å². The fraction of sp³-hybridized carbons (Fsp3) is 0.538. The van der Waals surface area contributed by atoms with Crippen LogP contribution in [-0.4, -0.2) is 28.7 Å². The molecule has 1 atom stereocenters. The van der Waals surface area contributed by atoms with E-state index in [9.17, 15) is 0 Å². The fourth-order valence-corrected chi connectivity index (χ4v) is 2.41. The summed E-state index contributed by atoms with van der Waals surface area (Å²) in [4.78, 5) is 2.39. The van der Waals surface area contributed by atoms with Gasteiger partial charge in [-0.3, -0.25) is 4.90 Å². The first-order valence-corrected chi connectivity index (χ1v) is 5.89. The molecule has 1 fully saturated rings. The molecule has 1 saturated heterocycles. The maximum absolute atomic E-state index is 9.16. The van der Waals surface area contributed by atoms with Crippen molar-refractivity contribution in [2.75, 3.05) is 13.1 Å². The monoisotopic (exact) mass is 220 g/mol. The molecule has 16 heavy (non-hydrogen) atoms. The van der Waals surface area contributed by atoms with Crippen LogP contribution in [0, 0.1) is 0 Å². The maximum atomic E-state index is 9.16. The lowest BCUT2D eigenvalue weighted by Gasteiger charge is -2.39. The van der Waals surface area contributed by atoms with E-state index in [1.807, 2.05) is 6.07 Å². The standard InChI is InChI=1S/C13H20N2O/c1-13(14-16)8-5-9-15(11-13)10-12-6-3-2-4-7-12/h2-4,6-7,14,16H,5,8-11H2,1H3. The summed E-state index contributed by atoms with van der Waals surface area (Å²) in [6, 6.07) is 10.5. The molecule has 0 radical (unpaired) electrons. The van der Waals surface area contributed by atoms with Crippen molar-refractivity contribution >= 4 is 0 Å². The molecule has 0 spiro atoms. The van der Waals surface area contributed by atoms with E-state index in [0.29, 0.717) is 0 Å². The van der Waals surface area contributed by atoms with Gasteiger partial charge in [-0.1, -0.05) is 30.3 Å². The Hall–Kier alpha value is -0.900. The minimum Gasteiger partial charge on any atom is -0.316 e. The van der Waals surface area contributed by atoms with Gasteiger partial charge in [0, 0.05) is 13.1 Å². The van der Waals surface area contributed by atoms with Crippen LogP contribution in [0.25, 0.3) is 0 Å². The molecule has 1 aromatic rings. The van der Waals surface area contributed by atoms with E-state index >= 15 is 0 Å². The maximum Gasteiger partial charge on any atom is 0.0529 e. The van der Waals surface area contributed by atoms with Crippen LogP contribution in [0.1, 0.15) is 25.3 Å². The van der Waals surface area contributed by atoms with E-state index in [1.54, 1.807) is 0 Å². The Morgan fingerprint density at radius 2 is 2.12 bits per heavy atom. The zero-order chi connectivity index (χ0) is 11.4. The van der Waals surface area contributed by atoms with E-state index in [-0.39, 0.29) is 5.54 Å². The molecular weight excluding hydrogens is 200 g/mol. The number of rotatable bonds is 3. The third kappa shape index (κ3) is 2.82. The van der Waals surface area contributed by atoms with Crippen molar-refractivity contribution in [3.63, 3.8) is 0 Å². The van der Waals surface area contributed by atoms with Crippen molar-refractivity contribution in [1.29, 1.82) is 0 Å². The van der Waals surface area contributed by atoms with Gasteiger partial charge >= 0.3 is 0 Å². The first kappa shape index (κ1) is 11.6. The Bertz CT molecular complexity index is 328. The molecule has 1 unspecified atom stereocenters. The van der Waals surface area contributed by atoms with E-state index < -0.39 is 0 Å². The van der Waals surface area contributed by atoms with Crippen molar-refractivity contribution in [3.8, 4) is 0 Å². The number of hydrogen-bond donors (Lipinski definition) is 2. The van der Waals surface area contributed by atoms with Crippen LogP contribution in [0.3, 0.4) is 0 Å². The van der Waals surface area contributed by atoms with Gasteiger partial charge in [-0.25, -0.2) is 0 Å². The summed E-state index contributed by atoms with van der Waals surface area (Å²) in [6.45, 7) is 5.06. The van der Waals surface area contributed by atoms with Crippen LogP contribution >= 0.6 is 0 Å². The Balaban J connectivity index is 1.96. The van der Waals surface area contributed by atoms with E-state index in [4.69, 9.17) is 5.21 Å². The van der Waals surface area contributed by atoms with Gasteiger partial charge in [-0.05, 0) is 31.9 Å². The molecule has 2 rings (SSSR count). The second-order valence-corrected chi connectivity index (χ2v) is 4.97. The van der Waals surface area contributed by atoms with Crippen LogP contribution in [0.5, 0.6) is 0 Å². The van der Waals surface area contributed by atoms with Crippen LogP contribution in [0.4, 0.5) is 0 Å². The first-order valence-electron chi connectivity index (χ1n) is 5.89. The van der Waals surface area contributed by atoms with Crippen molar-refractivity contribution in [2.24, 2.45) is 0 Å². The van der Waals surface area contributed by atoms with Crippen LogP contribution in [0.2, 0.25) is 0 Å². The average molecular weight is 220 g/mol. The highest BCUT2D eigenvalue weighted by Crippen LogP contribution is 2.21. The van der Waals surface area contributed by atoms with Gasteiger partial charge in [0.2, 0.25) is 0 Å². The molecule has 1 aliphatic heterocycles. The fourth-order valence-electron chi connectivity index (χ4n) is 2.41. The number of piperidine rings is 1. The summed E-state index contributed by atoms with van der Waals surface area (Å²) in [5.74, 6) is 0. The third-order valence-corrected chi connectivity index (χ3v) is 3.29. The summed E-state index contributed by atoms with van der Waals surface area (Å²) in [6.07, 6.45) is 2.17. The number of hydroxylamine groups is 1. The predicted molar refractivity (Wildman–Crippen MR) is 64.3 cm³/mol. The Morgan fingerprint density at radius 3 is 2.81 bits per heavy atom. The highest BCUT2D eigenvalue weighted by molar-refractivity contribution is 5.14. The number of benzene rings is 1. The molecule has 0 amide bonds. The highest BCUT2D eigenvalue weighted by atomic mass is 16.5. The topological polar surface area (TPSA) is 35.5 Å². The third-order valence-electron chi connectivity index (χ3n) is 3.29. The van der Waals surface area contributed by atoms with Crippen molar-refractivity contribution in [2.45, 2.75) is 31.8 Å². The van der Waals surface area contributed by atoms with Gasteiger partial charge in [-0.15, -0.1) is 0 Å². The lowest BCUT2D eigenvalue weighted by Crippen LogP contribution is -2.53. The van der Waals surface area contributed by atoms with Crippen LogP contribution < -0.4 is 5.48 Å². The lowest BCUT2D eigenvalue weighted by atomic mass is 9.92. The zero-order valence-electron chi connectivity index (χ0n) is 9.82. The summed E-state index contributed by atoms with van der Waals surface area (Å²) < 4.78 is 0. The Morgan fingerprint density at radius 1 is 1.38 bits per heavy atom. The number of nitrogens with zero attached hydrogens (tertiary/aromatic N) is 1. The van der Waals surface area contributed by atoms with Crippen LogP contribution in [0.15, 0.2) is 30.3 Å². The van der Waals surface area contributed by atoms with Gasteiger partial charge in [0.25, 0.3) is 0 Å². The smallest absolute Gasteiger partial charge is 0.0529 e. The molecule has 1 heterocycles. The molecule has 1 aromatic carbocycles. The van der Waals surface area contributed by atoms with Gasteiger partial charge in [0.1, 0.15) is 0 Å². The van der Waals surface area contributed by atoms with Crippen molar-refractivity contribution in [3.05, 3.63) is 35.9 Å². The lowest BCUT2D eigenvalue weighted by molar-refractivity contribution is 0.0158. The Labute approximate surface area is 97.0 Å². The number of likely N-dealkylation sites (tertiary alicyclic amines) is 1. The largest absolute Gasteiger partial charge is 0.316 e. The van der Waals surface area contributed by atoms with Gasteiger partial charge in [0.15, 0.2) is 0 Å². The predicted octanol–water partition coefficient (Wildman–Crippen LogP) is 2.02. The van der Waals surface area contributed by atoms with E-state index in [1.165, 1.54) is 5.56 Å². The SMILES string of the molecule is CC1(NO)CCCN(Cc2ccccc2)C1. The minimum absolute atomic E-state index is 0.146. The molecule has 3 nitrogen and oxygen atoms in total. The Kier molecular flexibility index (Phi) is 3.59. The molecule has 3 heteroatoms. The molecule has 0 aromatic heterocycles. The molecule has 0 bridgehead atoms. The molecular formula is C13H20N2O. The zero-order valence-corrected chi connectivity index (χ0v) is 9.82. The van der Waals surface area contributed by atoms with E-state index in [2.05, 4.69) is 41.6 Å². The molecule has 0 saturated carbocycles. The van der Waals surface area contributed by atoms with Gasteiger partial charge in [0.05, 0.1) is 5.54 Å². The molecule has 0 aliphatic carbocycles. The number of hydrogen-bond acceptors (Lipinski definition) is 3. The van der Waals surface area contributed by atoms with Crippen molar-refractivity contribution < 1.29 is 5.21 Å². The summed E-state index contributed by atoms with van der Waals surface area (Å²) in [5, 5.41) is 9.16. The number of nitrogens with one attached hydrogen (secondary N) is 1. The molecule has 88 valence electrons. The quantitative estimate of drug-likeness (QED) is 0.765. The summed E-state index contributed by atoms with van der Waals surface area (Å²) >= 11 is 0. The molecule has 2 N–H and O–H groups in total. The van der Waals surface area contributed by atoms with Crippen molar-refractivity contribution in [1.82, 2.24) is 10.4 Å². The summed E-state index contributed by atoms with van der Waals surface area (Å²) in [5.41, 5.74) is 3.65. The minimum atomic E-state index is -0.146. The average Bonchev–Trinajstić information content (AvgIpc) is 2.30. The van der Waals surface area contributed by atoms with Gasteiger partial charge < -0.3 is 5.21 Å². The normalized spacial score (nSPS) is 26.9. The second kappa shape index (κ2) is 4.95.